The molecule has 0 bridgehead atoms. The zero-order valence-electron chi connectivity index (χ0n) is 8.54. The molecule has 1 N–H and O–H groups in total. The number of carboxylic acid groups (broad SMARTS) is 1. The third-order valence-electron chi connectivity index (χ3n) is 2.66. The maximum absolute atomic E-state index is 11.4. The van der Waals surface area contributed by atoms with Crippen LogP contribution in [-0.4, -0.2) is 40.8 Å². The Labute approximate surface area is 92.8 Å². The summed E-state index contributed by atoms with van der Waals surface area (Å²) in [5, 5.41) is 12.6. The average Bonchev–Trinajstić information content (AvgIpc) is 2.64. The van der Waals surface area contributed by atoms with Gasteiger partial charge in [0.25, 0.3) is 0 Å². The summed E-state index contributed by atoms with van der Waals surface area (Å²) in [5.74, 6) is -0.783. The van der Waals surface area contributed by atoms with E-state index < -0.39 is 15.8 Å². The van der Waals surface area contributed by atoms with E-state index >= 15 is 0 Å². The Hall–Kier alpha value is -1.37. The van der Waals surface area contributed by atoms with E-state index in [1.807, 2.05) is 0 Å². The number of carbonyl (C=O) groups is 1. The first-order valence-electron chi connectivity index (χ1n) is 4.96. The predicted octanol–water partition coefficient (Wildman–Crippen LogP) is 0.331. The maximum Gasteiger partial charge on any atom is 0.338 e. The maximum atomic E-state index is 11.4. The first kappa shape index (κ1) is 11.1. The van der Waals surface area contributed by atoms with Gasteiger partial charge in [-0.2, -0.15) is 5.10 Å². The molecule has 7 heteroatoms. The largest absolute Gasteiger partial charge is 0.478 e. The van der Waals surface area contributed by atoms with Gasteiger partial charge in [0.05, 0.1) is 29.3 Å². The molecule has 1 aliphatic rings. The van der Waals surface area contributed by atoms with Crippen LogP contribution in [0.15, 0.2) is 12.4 Å². The second-order valence-corrected chi connectivity index (χ2v) is 6.15. The molecule has 1 aliphatic heterocycles. The topological polar surface area (TPSA) is 89.3 Å². The summed E-state index contributed by atoms with van der Waals surface area (Å²) in [5.41, 5.74) is 0.0861. The van der Waals surface area contributed by atoms with E-state index in [1.165, 1.54) is 17.1 Å². The second-order valence-electron chi connectivity index (χ2n) is 3.92. The van der Waals surface area contributed by atoms with Crippen molar-refractivity contribution in [2.24, 2.45) is 0 Å². The minimum atomic E-state index is -3.00. The van der Waals surface area contributed by atoms with Gasteiger partial charge in [0.1, 0.15) is 0 Å². The SMILES string of the molecule is O=C(O)c1cnn(C2CCCS(=O)(=O)C2)c1. The summed E-state index contributed by atoms with van der Waals surface area (Å²) in [6.07, 6.45) is 3.95. The highest BCUT2D eigenvalue weighted by molar-refractivity contribution is 7.91. The van der Waals surface area contributed by atoms with Crippen molar-refractivity contribution in [1.29, 1.82) is 0 Å². The normalized spacial score (nSPS) is 24.1. The lowest BCUT2D eigenvalue weighted by Crippen LogP contribution is -2.27. The second kappa shape index (κ2) is 3.89. The van der Waals surface area contributed by atoms with E-state index in [9.17, 15) is 13.2 Å². The van der Waals surface area contributed by atoms with Crippen molar-refractivity contribution in [3.63, 3.8) is 0 Å². The number of hydrogen-bond donors (Lipinski definition) is 1. The van der Waals surface area contributed by atoms with Gasteiger partial charge < -0.3 is 5.11 Å². The first-order chi connectivity index (χ1) is 7.48. The van der Waals surface area contributed by atoms with Crippen LogP contribution >= 0.6 is 0 Å². The summed E-state index contributed by atoms with van der Waals surface area (Å²) in [6.45, 7) is 0. The summed E-state index contributed by atoms with van der Waals surface area (Å²) >= 11 is 0. The number of carboxylic acids is 1. The lowest BCUT2D eigenvalue weighted by atomic mass is 10.2. The third-order valence-corrected chi connectivity index (χ3v) is 4.46. The van der Waals surface area contributed by atoms with Gasteiger partial charge in [-0.3, -0.25) is 4.68 Å². The van der Waals surface area contributed by atoms with Crippen molar-refractivity contribution in [1.82, 2.24) is 9.78 Å². The molecule has 1 aromatic heterocycles. The Morgan fingerprint density at radius 2 is 2.31 bits per heavy atom. The molecule has 0 radical (unpaired) electrons. The summed E-state index contributed by atoms with van der Waals surface area (Å²) in [4.78, 5) is 10.7. The van der Waals surface area contributed by atoms with Gasteiger partial charge in [-0.05, 0) is 12.8 Å². The number of sulfone groups is 1. The van der Waals surface area contributed by atoms with E-state index in [0.29, 0.717) is 6.42 Å². The molecule has 0 saturated carbocycles. The van der Waals surface area contributed by atoms with E-state index in [4.69, 9.17) is 5.11 Å². The molecule has 1 atom stereocenters. The molecule has 1 fully saturated rings. The van der Waals surface area contributed by atoms with Crippen LogP contribution in [0.5, 0.6) is 0 Å². The van der Waals surface area contributed by atoms with Crippen LogP contribution in [-0.2, 0) is 9.84 Å². The van der Waals surface area contributed by atoms with Gasteiger partial charge in [-0.15, -0.1) is 0 Å². The number of rotatable bonds is 2. The number of aromatic carboxylic acids is 1. The van der Waals surface area contributed by atoms with Gasteiger partial charge in [0.15, 0.2) is 9.84 Å². The lowest BCUT2D eigenvalue weighted by Gasteiger charge is -2.21. The van der Waals surface area contributed by atoms with Crippen LogP contribution in [0.2, 0.25) is 0 Å². The lowest BCUT2D eigenvalue weighted by molar-refractivity contribution is 0.0696. The molecular formula is C9H12N2O4S. The molecule has 88 valence electrons. The molecule has 1 saturated heterocycles. The van der Waals surface area contributed by atoms with Crippen molar-refractivity contribution in [3.8, 4) is 0 Å². The Morgan fingerprint density at radius 1 is 1.56 bits per heavy atom. The van der Waals surface area contributed by atoms with Gasteiger partial charge in [-0.1, -0.05) is 0 Å². The molecule has 16 heavy (non-hydrogen) atoms. The van der Waals surface area contributed by atoms with E-state index in [0.717, 1.165) is 6.42 Å². The van der Waals surface area contributed by atoms with Crippen molar-refractivity contribution < 1.29 is 18.3 Å². The smallest absolute Gasteiger partial charge is 0.338 e. The monoisotopic (exact) mass is 244 g/mol. The fourth-order valence-electron chi connectivity index (χ4n) is 1.86. The minimum Gasteiger partial charge on any atom is -0.478 e. The molecule has 2 heterocycles. The third kappa shape index (κ3) is 2.24. The predicted molar refractivity (Wildman–Crippen MR) is 56.1 cm³/mol. The number of nitrogens with zero attached hydrogens (tertiary/aromatic N) is 2. The van der Waals surface area contributed by atoms with E-state index in [1.54, 1.807) is 0 Å². The Bertz CT molecular complexity index is 505. The molecule has 2 rings (SSSR count). The average molecular weight is 244 g/mol. The van der Waals surface area contributed by atoms with Crippen molar-refractivity contribution in [2.75, 3.05) is 11.5 Å². The Kier molecular flexibility index (Phi) is 2.71. The fourth-order valence-corrected chi connectivity index (χ4v) is 3.53. The molecular weight excluding hydrogens is 232 g/mol. The molecule has 0 aromatic carbocycles. The van der Waals surface area contributed by atoms with Crippen molar-refractivity contribution in [3.05, 3.63) is 18.0 Å². The fraction of sp³-hybridized carbons (Fsp3) is 0.556. The highest BCUT2D eigenvalue weighted by Crippen LogP contribution is 2.22. The van der Waals surface area contributed by atoms with Crippen LogP contribution in [0.4, 0.5) is 0 Å². The highest BCUT2D eigenvalue weighted by atomic mass is 32.2. The zero-order chi connectivity index (χ0) is 11.8. The minimum absolute atomic E-state index is 0.0493. The van der Waals surface area contributed by atoms with Crippen LogP contribution < -0.4 is 0 Å². The molecule has 0 spiro atoms. The number of aromatic nitrogens is 2. The summed E-state index contributed by atoms with van der Waals surface area (Å²) in [7, 11) is -3.00. The van der Waals surface area contributed by atoms with Crippen LogP contribution in [0.3, 0.4) is 0 Å². The Morgan fingerprint density at radius 3 is 2.88 bits per heavy atom. The molecule has 1 aromatic rings. The number of hydrogen-bond acceptors (Lipinski definition) is 4. The summed E-state index contributed by atoms with van der Waals surface area (Å²) < 4.78 is 24.3. The summed E-state index contributed by atoms with van der Waals surface area (Å²) in [6, 6.07) is -0.230. The quantitative estimate of drug-likeness (QED) is 0.809. The molecule has 6 nitrogen and oxygen atoms in total. The van der Waals surface area contributed by atoms with Gasteiger partial charge in [0, 0.05) is 6.20 Å². The first-order valence-corrected chi connectivity index (χ1v) is 6.78. The zero-order valence-corrected chi connectivity index (χ0v) is 9.35. The molecule has 0 amide bonds. The van der Waals surface area contributed by atoms with Gasteiger partial charge in [-0.25, -0.2) is 13.2 Å². The van der Waals surface area contributed by atoms with Crippen LogP contribution in [0.25, 0.3) is 0 Å². The standard InChI is InChI=1S/C9H12N2O4S/c12-9(13)7-4-10-11(5-7)8-2-1-3-16(14,15)6-8/h4-5,8H,1-3,6H2,(H,12,13). The van der Waals surface area contributed by atoms with Gasteiger partial charge >= 0.3 is 5.97 Å². The van der Waals surface area contributed by atoms with Crippen molar-refractivity contribution >= 4 is 15.8 Å². The van der Waals surface area contributed by atoms with E-state index in [-0.39, 0.29) is 23.1 Å². The van der Waals surface area contributed by atoms with Crippen LogP contribution in [0, 0.1) is 0 Å². The van der Waals surface area contributed by atoms with E-state index in [2.05, 4.69) is 5.10 Å². The van der Waals surface area contributed by atoms with Crippen LogP contribution in [0.1, 0.15) is 29.2 Å². The van der Waals surface area contributed by atoms with Crippen molar-refractivity contribution in [2.45, 2.75) is 18.9 Å². The Balaban J connectivity index is 2.20. The van der Waals surface area contributed by atoms with Gasteiger partial charge in [0.2, 0.25) is 0 Å². The highest BCUT2D eigenvalue weighted by Gasteiger charge is 2.26. The molecule has 1 unspecified atom stereocenters. The molecule has 0 aliphatic carbocycles.